The number of hydrogen-bond acceptors (Lipinski definition) is 3. The van der Waals surface area contributed by atoms with Crippen molar-refractivity contribution in [2.24, 2.45) is 5.73 Å². The molecule has 0 aromatic rings. The average Bonchev–Trinajstić information content (AvgIpc) is 2.73. The lowest BCUT2D eigenvalue weighted by molar-refractivity contribution is -0.121. The molecule has 0 aliphatic heterocycles. The van der Waals surface area contributed by atoms with Crippen LogP contribution in [0.1, 0.15) is 51.9 Å². The van der Waals surface area contributed by atoms with Gasteiger partial charge >= 0.3 is 0 Å². The van der Waals surface area contributed by atoms with Crippen molar-refractivity contribution in [3.63, 3.8) is 0 Å². The van der Waals surface area contributed by atoms with Crippen LogP contribution in [0.25, 0.3) is 0 Å². The van der Waals surface area contributed by atoms with E-state index in [4.69, 9.17) is 5.73 Å². The molecule has 100 valence electrons. The fourth-order valence-corrected chi connectivity index (χ4v) is 3.59. The second-order valence-corrected chi connectivity index (χ2v) is 6.21. The van der Waals surface area contributed by atoms with E-state index in [1.54, 1.807) is 0 Å². The molecule has 1 amide bonds. The molecule has 0 radical (unpaired) electrons. The van der Waals surface area contributed by atoms with E-state index in [1.165, 1.54) is 12.8 Å². The minimum atomic E-state index is 0.232. The Bertz CT molecular complexity index is 223. The van der Waals surface area contributed by atoms with Gasteiger partial charge in [-0.25, -0.2) is 0 Å². The lowest BCUT2D eigenvalue weighted by atomic mass is 10.1. The highest BCUT2D eigenvalue weighted by Gasteiger charge is 2.27. The van der Waals surface area contributed by atoms with Crippen LogP contribution in [-0.4, -0.2) is 29.5 Å². The molecule has 1 rings (SSSR count). The van der Waals surface area contributed by atoms with E-state index >= 15 is 0 Å². The van der Waals surface area contributed by atoms with E-state index in [0.717, 1.165) is 38.0 Å². The summed E-state index contributed by atoms with van der Waals surface area (Å²) in [6.07, 6.45) is 7.42. The summed E-state index contributed by atoms with van der Waals surface area (Å²) in [5, 5.41) is 3.85. The van der Waals surface area contributed by atoms with Gasteiger partial charge in [-0.15, -0.1) is 0 Å². The lowest BCUT2D eigenvalue weighted by Gasteiger charge is -2.20. The number of nitrogens with one attached hydrogen (secondary N) is 1. The van der Waals surface area contributed by atoms with E-state index in [-0.39, 0.29) is 5.91 Å². The molecule has 3 nitrogen and oxygen atoms in total. The van der Waals surface area contributed by atoms with Crippen molar-refractivity contribution in [1.29, 1.82) is 0 Å². The van der Waals surface area contributed by atoms with Crippen LogP contribution in [0.4, 0.5) is 0 Å². The molecule has 1 aliphatic rings. The van der Waals surface area contributed by atoms with Crippen molar-refractivity contribution in [3.8, 4) is 0 Å². The summed E-state index contributed by atoms with van der Waals surface area (Å²) in [7, 11) is 0. The summed E-state index contributed by atoms with van der Waals surface area (Å²) in [5.41, 5.74) is 5.43. The first-order valence-electron chi connectivity index (χ1n) is 6.89. The minimum absolute atomic E-state index is 0.232. The molecule has 4 heteroatoms. The average molecular weight is 258 g/mol. The van der Waals surface area contributed by atoms with Crippen molar-refractivity contribution >= 4 is 17.7 Å². The molecule has 3 N–H and O–H groups in total. The Kier molecular flexibility index (Phi) is 7.69. The second kappa shape index (κ2) is 8.81. The smallest absolute Gasteiger partial charge is 0.220 e. The molecule has 1 saturated carbocycles. The summed E-state index contributed by atoms with van der Waals surface area (Å²) >= 11 is 1.99. The molecule has 2 unspecified atom stereocenters. The quantitative estimate of drug-likeness (QED) is 0.657. The topological polar surface area (TPSA) is 55.1 Å². The molecule has 2 atom stereocenters. The summed E-state index contributed by atoms with van der Waals surface area (Å²) in [6.45, 7) is 2.92. The third-order valence-electron chi connectivity index (χ3n) is 3.29. The zero-order valence-corrected chi connectivity index (χ0v) is 11.7. The van der Waals surface area contributed by atoms with E-state index in [0.29, 0.717) is 17.7 Å². The zero-order valence-electron chi connectivity index (χ0n) is 10.9. The van der Waals surface area contributed by atoms with Gasteiger partial charge in [-0.1, -0.05) is 19.8 Å². The molecular formula is C13H26N2OS. The first kappa shape index (κ1) is 14.8. The molecule has 17 heavy (non-hydrogen) atoms. The number of rotatable bonds is 8. The van der Waals surface area contributed by atoms with E-state index in [2.05, 4.69) is 12.2 Å². The largest absolute Gasteiger partial charge is 0.352 e. The summed E-state index contributed by atoms with van der Waals surface area (Å²) in [4.78, 5) is 11.8. The van der Waals surface area contributed by atoms with Crippen molar-refractivity contribution < 1.29 is 4.79 Å². The number of thioether (sulfide) groups is 1. The van der Waals surface area contributed by atoms with Crippen molar-refractivity contribution in [1.82, 2.24) is 5.32 Å². The maximum Gasteiger partial charge on any atom is 0.220 e. The Morgan fingerprint density at radius 1 is 1.35 bits per heavy atom. The van der Waals surface area contributed by atoms with Crippen LogP contribution in [-0.2, 0) is 4.79 Å². The highest BCUT2D eigenvalue weighted by Crippen LogP contribution is 2.29. The zero-order chi connectivity index (χ0) is 12.5. The summed E-state index contributed by atoms with van der Waals surface area (Å²) < 4.78 is 0. The van der Waals surface area contributed by atoms with Crippen LogP contribution in [0.2, 0.25) is 0 Å². The van der Waals surface area contributed by atoms with Gasteiger partial charge in [0.1, 0.15) is 0 Å². The maximum absolute atomic E-state index is 11.8. The van der Waals surface area contributed by atoms with E-state index < -0.39 is 0 Å². The van der Waals surface area contributed by atoms with Gasteiger partial charge in [0.05, 0.1) is 0 Å². The fourth-order valence-electron chi connectivity index (χ4n) is 2.39. The molecular weight excluding hydrogens is 232 g/mol. The van der Waals surface area contributed by atoms with Crippen LogP contribution in [0.3, 0.4) is 0 Å². The van der Waals surface area contributed by atoms with Crippen molar-refractivity contribution in [2.75, 3.05) is 12.3 Å². The number of unbranched alkanes of at least 4 members (excludes halogenated alkanes) is 2. The molecule has 0 aromatic heterocycles. The highest BCUT2D eigenvalue weighted by molar-refractivity contribution is 7.99. The Morgan fingerprint density at radius 2 is 2.18 bits per heavy atom. The Labute approximate surface area is 109 Å². The first-order valence-corrected chi connectivity index (χ1v) is 7.93. The molecule has 1 fully saturated rings. The normalized spacial score (nSPS) is 23.9. The number of nitrogens with two attached hydrogens (primary N) is 1. The van der Waals surface area contributed by atoms with Crippen LogP contribution in [0.15, 0.2) is 0 Å². The maximum atomic E-state index is 11.8. The van der Waals surface area contributed by atoms with E-state index in [9.17, 15) is 4.79 Å². The van der Waals surface area contributed by atoms with Crippen LogP contribution < -0.4 is 11.1 Å². The monoisotopic (exact) mass is 258 g/mol. The molecule has 0 aromatic carbocycles. The standard InChI is InChI=1S/C13H26N2OS/c1-2-17-12-8-6-7-11(12)15-13(16)9-4-3-5-10-14/h11-12H,2-10,14H2,1H3,(H,15,16). The van der Waals surface area contributed by atoms with Gasteiger partial charge in [0.2, 0.25) is 5.91 Å². The lowest BCUT2D eigenvalue weighted by Crippen LogP contribution is -2.38. The summed E-state index contributed by atoms with van der Waals surface area (Å²) in [6, 6.07) is 0.418. The minimum Gasteiger partial charge on any atom is -0.352 e. The number of carbonyl (C=O) groups is 1. The van der Waals surface area contributed by atoms with E-state index in [1.807, 2.05) is 11.8 Å². The molecule has 0 heterocycles. The summed E-state index contributed by atoms with van der Waals surface area (Å²) in [5.74, 6) is 1.38. The van der Waals surface area contributed by atoms with Gasteiger partial charge in [-0.05, 0) is 38.0 Å². The number of carbonyl (C=O) groups excluding carboxylic acids is 1. The first-order chi connectivity index (χ1) is 8.27. The second-order valence-electron chi connectivity index (χ2n) is 4.70. The van der Waals surface area contributed by atoms with Crippen LogP contribution >= 0.6 is 11.8 Å². The SMILES string of the molecule is CCSC1CCCC1NC(=O)CCCCCN. The third kappa shape index (κ3) is 5.77. The molecule has 1 aliphatic carbocycles. The Morgan fingerprint density at radius 3 is 2.88 bits per heavy atom. The van der Waals surface area contributed by atoms with Gasteiger partial charge in [0, 0.05) is 17.7 Å². The number of amides is 1. The van der Waals surface area contributed by atoms with Crippen molar-refractivity contribution in [3.05, 3.63) is 0 Å². The fraction of sp³-hybridized carbons (Fsp3) is 0.923. The Balaban J connectivity index is 2.16. The van der Waals surface area contributed by atoms with Gasteiger partial charge in [-0.2, -0.15) is 11.8 Å². The van der Waals surface area contributed by atoms with Crippen molar-refractivity contribution in [2.45, 2.75) is 63.2 Å². The third-order valence-corrected chi connectivity index (χ3v) is 4.61. The molecule has 0 spiro atoms. The predicted molar refractivity (Wildman–Crippen MR) is 75.2 cm³/mol. The van der Waals surface area contributed by atoms with Crippen LogP contribution in [0, 0.1) is 0 Å². The highest BCUT2D eigenvalue weighted by atomic mass is 32.2. The molecule has 0 bridgehead atoms. The van der Waals surface area contributed by atoms with Crippen LogP contribution in [0.5, 0.6) is 0 Å². The van der Waals surface area contributed by atoms with Gasteiger partial charge < -0.3 is 11.1 Å². The van der Waals surface area contributed by atoms with Gasteiger partial charge in [0.15, 0.2) is 0 Å². The Hall–Kier alpha value is -0.220. The van der Waals surface area contributed by atoms with Gasteiger partial charge in [-0.3, -0.25) is 4.79 Å². The number of hydrogen-bond donors (Lipinski definition) is 2. The van der Waals surface area contributed by atoms with Gasteiger partial charge in [0.25, 0.3) is 0 Å². The molecule has 0 saturated heterocycles. The predicted octanol–water partition coefficient (Wildman–Crippen LogP) is 2.30.